The number of anilines is 4. The molecule has 2 aliphatic rings. The maximum absolute atomic E-state index is 14.8. The van der Waals surface area contributed by atoms with Gasteiger partial charge < -0.3 is 26.0 Å². The summed E-state index contributed by atoms with van der Waals surface area (Å²) in [5.41, 5.74) is 1.76. The number of hydrogen-bond acceptors (Lipinski definition) is 19. The summed E-state index contributed by atoms with van der Waals surface area (Å²) >= 11 is 5.10. The molecule has 5 N–H and O–H groups in total. The number of hydrogen-bond donors (Lipinski definition) is 5. The van der Waals surface area contributed by atoms with Gasteiger partial charge in [0.15, 0.2) is 43.8 Å². The highest BCUT2D eigenvalue weighted by Gasteiger charge is 2.39. The molecule has 0 bridgehead atoms. The normalized spacial score (nSPS) is 14.3. The lowest BCUT2D eigenvalue weighted by Crippen LogP contribution is -2.25. The Hall–Kier alpha value is -5.54. The van der Waals surface area contributed by atoms with Gasteiger partial charge in [0, 0.05) is 56.4 Å². The summed E-state index contributed by atoms with van der Waals surface area (Å²) in [7, 11) is 0. The summed E-state index contributed by atoms with van der Waals surface area (Å²) in [6, 6.07) is 19.5. The van der Waals surface area contributed by atoms with E-state index in [-0.39, 0.29) is 78.9 Å². The number of rotatable bonds is 17. The average molecular weight is 947 g/mol. The van der Waals surface area contributed by atoms with E-state index in [0.717, 1.165) is 12.2 Å². The number of fused-ring (bicyclic) bond motifs is 4. The molecule has 0 amide bonds. The molecule has 0 saturated carbocycles. The van der Waals surface area contributed by atoms with Gasteiger partial charge in [0.05, 0.1) is 40.8 Å². The zero-order valence-electron chi connectivity index (χ0n) is 35.5. The predicted molar refractivity (Wildman–Crippen MR) is 253 cm³/mol. The molecule has 4 aromatic carbocycles. The Morgan fingerprint density at radius 2 is 0.769 bits per heavy atom. The number of aliphatic hydroxyl groups is 3. The van der Waals surface area contributed by atoms with Crippen molar-refractivity contribution in [2.75, 3.05) is 33.6 Å². The predicted octanol–water partition coefficient (Wildman–Crippen LogP) is 7.68. The summed E-state index contributed by atoms with van der Waals surface area (Å²) in [5.74, 6) is 0.0138. The molecule has 0 aliphatic heterocycles. The number of carbonyl (C=O) groups excluding carboxylic acids is 4. The molecule has 6 aromatic rings. The molecule has 0 saturated heterocycles. The number of nitrogens with one attached hydrogen (secondary N) is 2. The third kappa shape index (κ3) is 9.86. The summed E-state index contributed by atoms with van der Waals surface area (Å²) in [4.78, 5) is 86.4. The zero-order valence-corrected chi connectivity index (χ0v) is 38.8. The molecule has 15 nitrogen and oxygen atoms in total. The van der Waals surface area contributed by atoms with E-state index in [1.807, 2.05) is 6.92 Å². The van der Waals surface area contributed by atoms with Crippen LogP contribution in [-0.4, -0.2) is 110 Å². The van der Waals surface area contributed by atoms with Crippen molar-refractivity contribution in [2.24, 2.45) is 0 Å². The van der Waals surface area contributed by atoms with Crippen LogP contribution in [-0.2, 0) is 0 Å². The van der Waals surface area contributed by atoms with Crippen molar-refractivity contribution in [3.05, 3.63) is 117 Å². The fraction of sp³-hybridized carbons (Fsp3) is 0.261. The van der Waals surface area contributed by atoms with Gasteiger partial charge in [-0.2, -0.15) is 29.9 Å². The quantitative estimate of drug-likeness (QED) is 0.0551. The SMILES string of the molecule is CCCSc1nc(Nc2ccc(-c3ccc(Nc4nc(SCC(C)O)nc(SCC(C)O)n4)c4c3C(=O)c3ccccc3C4=O)c3c2C(=O)c2ccccc2C3=O)nc(SCC(C)O)n1. The second kappa shape index (κ2) is 19.9. The highest BCUT2D eigenvalue weighted by molar-refractivity contribution is 8.00. The minimum atomic E-state index is -0.652. The number of aromatic nitrogens is 6. The number of ketones is 4. The summed E-state index contributed by atoms with van der Waals surface area (Å²) in [6.45, 7) is 6.99. The number of nitrogens with zero attached hydrogens (tertiary/aromatic N) is 6. The zero-order chi connectivity index (χ0) is 45.9. The van der Waals surface area contributed by atoms with E-state index < -0.39 is 41.4 Å². The minimum Gasteiger partial charge on any atom is -0.393 e. The molecule has 3 atom stereocenters. The number of aliphatic hydroxyl groups excluding tert-OH is 3. The van der Waals surface area contributed by atoms with Gasteiger partial charge in [-0.05, 0) is 50.5 Å². The molecule has 2 aromatic heterocycles. The highest BCUT2D eigenvalue weighted by Crippen LogP contribution is 2.44. The van der Waals surface area contributed by atoms with Gasteiger partial charge in [0.25, 0.3) is 0 Å². The van der Waals surface area contributed by atoms with Gasteiger partial charge in [0.2, 0.25) is 11.9 Å². The van der Waals surface area contributed by atoms with Crippen LogP contribution < -0.4 is 10.6 Å². The van der Waals surface area contributed by atoms with Crippen LogP contribution >= 0.6 is 47.0 Å². The smallest absolute Gasteiger partial charge is 0.232 e. The maximum atomic E-state index is 14.8. The third-order valence-corrected chi connectivity index (χ3v) is 14.2. The molecule has 0 spiro atoms. The van der Waals surface area contributed by atoms with Crippen molar-refractivity contribution in [3.8, 4) is 11.1 Å². The van der Waals surface area contributed by atoms with Crippen molar-refractivity contribution in [3.63, 3.8) is 0 Å². The lowest BCUT2D eigenvalue weighted by molar-refractivity contribution is 0.0978. The molecule has 2 aliphatic carbocycles. The molecule has 0 radical (unpaired) electrons. The Morgan fingerprint density at radius 1 is 0.446 bits per heavy atom. The Morgan fingerprint density at radius 3 is 1.09 bits per heavy atom. The number of carbonyl (C=O) groups is 4. The number of thioether (sulfide) groups is 4. The lowest BCUT2D eigenvalue weighted by atomic mass is 9.75. The van der Waals surface area contributed by atoms with Gasteiger partial charge in [-0.3, -0.25) is 19.2 Å². The van der Waals surface area contributed by atoms with Crippen LogP contribution in [0.2, 0.25) is 0 Å². The van der Waals surface area contributed by atoms with Crippen LogP contribution in [0.15, 0.2) is 93.4 Å². The van der Waals surface area contributed by atoms with Crippen LogP contribution in [0.5, 0.6) is 0 Å². The van der Waals surface area contributed by atoms with E-state index in [0.29, 0.717) is 37.9 Å². The molecule has 8 rings (SSSR count). The first kappa shape index (κ1) is 46.0. The standard InChI is InChI=1S/C46H42N8O7S4/c1-5-18-62-43-49-41(50-44(53-43)63-19-22(2)55)47-31-16-14-25(33-35(31)39(60)29-12-8-6-10-27(29)37(33)58)26-15-17-32(36-34(26)38(59)28-11-7-9-13-30(28)40(36)61)48-42-51-45(64-20-23(3)56)54-46(52-42)65-21-24(4)57/h6-17,22-24,55-57H,5,18-21H2,1-4H3,(H,47,49,50,53)(H,48,51,52,54). The second-order valence-corrected chi connectivity index (χ2v) is 19.3. The van der Waals surface area contributed by atoms with E-state index in [2.05, 4.69) is 40.5 Å². The van der Waals surface area contributed by atoms with Crippen molar-refractivity contribution in [2.45, 2.75) is 73.1 Å². The highest BCUT2D eigenvalue weighted by atomic mass is 32.2. The topological polar surface area (TPSA) is 230 Å². The van der Waals surface area contributed by atoms with Crippen LogP contribution in [0.3, 0.4) is 0 Å². The van der Waals surface area contributed by atoms with Gasteiger partial charge >= 0.3 is 0 Å². The van der Waals surface area contributed by atoms with Crippen LogP contribution in [0.25, 0.3) is 11.1 Å². The van der Waals surface area contributed by atoms with Crippen LogP contribution in [0.1, 0.15) is 97.8 Å². The van der Waals surface area contributed by atoms with Gasteiger partial charge in [-0.25, -0.2) is 0 Å². The van der Waals surface area contributed by atoms with E-state index in [1.165, 1.54) is 47.0 Å². The first-order valence-electron chi connectivity index (χ1n) is 20.6. The van der Waals surface area contributed by atoms with E-state index in [1.54, 1.807) is 93.6 Å². The molecule has 65 heavy (non-hydrogen) atoms. The van der Waals surface area contributed by atoms with E-state index in [9.17, 15) is 34.5 Å². The molecule has 19 heteroatoms. The van der Waals surface area contributed by atoms with Crippen molar-refractivity contribution < 1.29 is 34.5 Å². The minimum absolute atomic E-state index is 0.0111. The molecule has 2 heterocycles. The Balaban J connectivity index is 1.30. The average Bonchev–Trinajstić information content (AvgIpc) is 3.29. The van der Waals surface area contributed by atoms with Crippen molar-refractivity contribution in [1.82, 2.24) is 29.9 Å². The fourth-order valence-electron chi connectivity index (χ4n) is 7.17. The number of benzene rings is 4. The molecule has 0 fully saturated rings. The Bertz CT molecular complexity index is 2850. The van der Waals surface area contributed by atoms with Gasteiger partial charge in [-0.1, -0.05) is 115 Å². The van der Waals surface area contributed by atoms with Gasteiger partial charge in [-0.15, -0.1) is 0 Å². The Kier molecular flexibility index (Phi) is 14.1. The van der Waals surface area contributed by atoms with E-state index >= 15 is 0 Å². The molecular weight excluding hydrogens is 905 g/mol. The first-order valence-corrected chi connectivity index (χ1v) is 24.6. The Labute approximate surface area is 390 Å². The largest absolute Gasteiger partial charge is 0.393 e. The second-order valence-electron chi connectivity index (χ2n) is 15.3. The molecule has 332 valence electrons. The maximum Gasteiger partial charge on any atom is 0.232 e. The third-order valence-electron chi connectivity index (χ3n) is 9.92. The van der Waals surface area contributed by atoms with Gasteiger partial charge in [0.1, 0.15) is 0 Å². The monoisotopic (exact) mass is 946 g/mol. The summed E-state index contributed by atoms with van der Waals surface area (Å²) in [5, 5.41) is 37.7. The lowest BCUT2D eigenvalue weighted by Gasteiger charge is -2.26. The van der Waals surface area contributed by atoms with E-state index in [4.69, 9.17) is 0 Å². The van der Waals surface area contributed by atoms with Crippen LogP contribution in [0.4, 0.5) is 23.3 Å². The summed E-state index contributed by atoms with van der Waals surface area (Å²) in [6.07, 6.45) is -1.05. The first-order chi connectivity index (χ1) is 31.3. The molecular formula is C46H42N8O7S4. The van der Waals surface area contributed by atoms with Crippen molar-refractivity contribution >= 4 is 93.5 Å². The van der Waals surface area contributed by atoms with Crippen molar-refractivity contribution in [1.29, 1.82) is 0 Å². The van der Waals surface area contributed by atoms with Crippen LogP contribution in [0, 0.1) is 0 Å². The summed E-state index contributed by atoms with van der Waals surface area (Å²) < 4.78 is 0. The fourth-order valence-corrected chi connectivity index (χ4v) is 10.0. The molecule has 3 unspecified atom stereocenters.